The highest BCUT2D eigenvalue weighted by molar-refractivity contribution is 5.37. The van der Waals surface area contributed by atoms with E-state index in [4.69, 9.17) is 0 Å². The maximum atomic E-state index is 12.2. The third kappa shape index (κ3) is 2.46. The molecule has 0 saturated carbocycles. The molecule has 0 aliphatic heterocycles. The van der Waals surface area contributed by atoms with Crippen LogP contribution in [0, 0.1) is 0 Å². The van der Waals surface area contributed by atoms with Gasteiger partial charge in [-0.25, -0.2) is 4.98 Å². The molecule has 20 heavy (non-hydrogen) atoms. The number of aromatic nitrogens is 2. The van der Waals surface area contributed by atoms with Gasteiger partial charge in [0, 0.05) is 25.0 Å². The zero-order valence-corrected chi connectivity index (χ0v) is 11.7. The number of hydrogen-bond donors (Lipinski definition) is 1. The Hall–Kier alpha value is -2.10. The third-order valence-corrected chi connectivity index (χ3v) is 3.94. The minimum absolute atomic E-state index is 0.0335. The van der Waals surface area contributed by atoms with Gasteiger partial charge in [0.1, 0.15) is 0 Å². The number of rotatable bonds is 3. The van der Waals surface area contributed by atoms with Gasteiger partial charge in [0.25, 0.3) is 5.56 Å². The van der Waals surface area contributed by atoms with Crippen LogP contribution < -0.4 is 10.9 Å². The second-order valence-corrected chi connectivity index (χ2v) is 5.22. The average molecular weight is 269 g/mol. The largest absolute Gasteiger partial charge is 0.362 e. The van der Waals surface area contributed by atoms with Crippen LogP contribution in [0.3, 0.4) is 0 Å². The van der Waals surface area contributed by atoms with E-state index in [0.29, 0.717) is 12.4 Å². The van der Waals surface area contributed by atoms with Gasteiger partial charge >= 0.3 is 0 Å². The lowest BCUT2D eigenvalue weighted by Crippen LogP contribution is -2.32. The van der Waals surface area contributed by atoms with E-state index in [1.807, 2.05) is 6.92 Å². The molecule has 1 aromatic carbocycles. The second-order valence-electron chi connectivity index (χ2n) is 5.22. The average Bonchev–Trinajstić information content (AvgIpc) is 2.49. The molecular formula is C16H19N3O. The van der Waals surface area contributed by atoms with Crippen LogP contribution in [0.2, 0.25) is 0 Å². The molecule has 1 aliphatic rings. The normalized spacial score (nSPS) is 17.6. The highest BCUT2D eigenvalue weighted by Gasteiger charge is 2.19. The van der Waals surface area contributed by atoms with Crippen LogP contribution in [0.1, 0.15) is 24.5 Å². The summed E-state index contributed by atoms with van der Waals surface area (Å²) in [7, 11) is 0. The van der Waals surface area contributed by atoms with Crippen molar-refractivity contribution >= 4 is 5.82 Å². The quantitative estimate of drug-likeness (QED) is 0.929. The Morgan fingerprint density at radius 1 is 1.35 bits per heavy atom. The van der Waals surface area contributed by atoms with Crippen molar-refractivity contribution in [3.05, 3.63) is 58.1 Å². The molecule has 0 spiro atoms. The maximum Gasteiger partial charge on any atom is 0.293 e. The predicted molar refractivity (Wildman–Crippen MR) is 80.0 cm³/mol. The van der Waals surface area contributed by atoms with Crippen molar-refractivity contribution in [1.82, 2.24) is 9.55 Å². The van der Waals surface area contributed by atoms with Crippen molar-refractivity contribution in [3.8, 4) is 0 Å². The van der Waals surface area contributed by atoms with Gasteiger partial charge in [-0.3, -0.25) is 4.79 Å². The van der Waals surface area contributed by atoms with Crippen molar-refractivity contribution in [1.29, 1.82) is 0 Å². The number of hydrogen-bond acceptors (Lipinski definition) is 3. The summed E-state index contributed by atoms with van der Waals surface area (Å²) in [5.74, 6) is 0.471. The van der Waals surface area contributed by atoms with E-state index in [1.165, 1.54) is 11.1 Å². The van der Waals surface area contributed by atoms with Gasteiger partial charge < -0.3 is 9.88 Å². The highest BCUT2D eigenvalue weighted by Crippen LogP contribution is 2.22. The molecule has 0 amide bonds. The van der Waals surface area contributed by atoms with Crippen LogP contribution in [-0.2, 0) is 19.4 Å². The maximum absolute atomic E-state index is 12.2. The summed E-state index contributed by atoms with van der Waals surface area (Å²) >= 11 is 0. The number of anilines is 1. The smallest absolute Gasteiger partial charge is 0.293 e. The lowest BCUT2D eigenvalue weighted by Gasteiger charge is -2.25. The fourth-order valence-corrected chi connectivity index (χ4v) is 2.81. The van der Waals surface area contributed by atoms with Gasteiger partial charge in [-0.2, -0.15) is 0 Å². The molecule has 0 radical (unpaired) electrons. The third-order valence-electron chi connectivity index (χ3n) is 3.94. The van der Waals surface area contributed by atoms with E-state index < -0.39 is 0 Å². The summed E-state index contributed by atoms with van der Waals surface area (Å²) in [4.78, 5) is 16.3. The first kappa shape index (κ1) is 12.9. The summed E-state index contributed by atoms with van der Waals surface area (Å²) in [6.07, 6.45) is 6.47. The van der Waals surface area contributed by atoms with Gasteiger partial charge in [-0.1, -0.05) is 24.3 Å². The van der Waals surface area contributed by atoms with Gasteiger partial charge in [-0.15, -0.1) is 0 Å². The summed E-state index contributed by atoms with van der Waals surface area (Å²) < 4.78 is 1.67. The number of nitrogens with zero attached hydrogens (tertiary/aromatic N) is 2. The number of benzene rings is 1. The predicted octanol–water partition coefficient (Wildman–Crippen LogP) is 2.23. The van der Waals surface area contributed by atoms with Crippen LogP contribution in [0.15, 0.2) is 41.5 Å². The molecule has 4 heteroatoms. The van der Waals surface area contributed by atoms with Crippen molar-refractivity contribution < 1.29 is 0 Å². The van der Waals surface area contributed by atoms with Gasteiger partial charge in [0.2, 0.25) is 0 Å². The Balaban J connectivity index is 1.79. The second kappa shape index (κ2) is 5.49. The molecule has 1 N–H and O–H groups in total. The summed E-state index contributed by atoms with van der Waals surface area (Å²) in [5, 5.41) is 3.32. The molecule has 3 rings (SSSR count). The van der Waals surface area contributed by atoms with Crippen molar-refractivity contribution in [3.63, 3.8) is 0 Å². The summed E-state index contributed by atoms with van der Waals surface area (Å²) in [6, 6.07) is 8.82. The van der Waals surface area contributed by atoms with E-state index in [2.05, 4.69) is 34.6 Å². The Morgan fingerprint density at radius 3 is 2.95 bits per heavy atom. The molecule has 0 bridgehead atoms. The zero-order chi connectivity index (χ0) is 13.9. The van der Waals surface area contributed by atoms with Crippen LogP contribution in [0.5, 0.6) is 0 Å². The van der Waals surface area contributed by atoms with Gasteiger partial charge in [0.05, 0.1) is 0 Å². The molecule has 1 aromatic heterocycles. The standard InChI is InChI=1S/C16H19N3O/c1-2-19-10-9-17-15(16(19)20)18-14-8-7-12-5-3-4-6-13(12)11-14/h3-6,9-10,14H,2,7-8,11H2,1H3,(H,17,18). The molecule has 1 unspecified atom stereocenters. The fourth-order valence-electron chi connectivity index (χ4n) is 2.81. The Kier molecular flexibility index (Phi) is 3.54. The minimum atomic E-state index is -0.0335. The molecule has 1 aliphatic carbocycles. The molecule has 2 aromatic rings. The Morgan fingerprint density at radius 2 is 2.15 bits per heavy atom. The molecule has 0 fully saturated rings. The molecular weight excluding hydrogens is 250 g/mol. The van der Waals surface area contributed by atoms with E-state index in [-0.39, 0.29) is 11.6 Å². The molecule has 1 heterocycles. The molecule has 4 nitrogen and oxygen atoms in total. The topological polar surface area (TPSA) is 46.9 Å². The number of aryl methyl sites for hydroxylation is 2. The van der Waals surface area contributed by atoms with Crippen molar-refractivity contribution in [2.75, 3.05) is 5.32 Å². The number of fused-ring (bicyclic) bond motifs is 1. The first-order valence-electron chi connectivity index (χ1n) is 7.16. The van der Waals surface area contributed by atoms with Gasteiger partial charge in [0.15, 0.2) is 5.82 Å². The van der Waals surface area contributed by atoms with Crippen LogP contribution in [0.4, 0.5) is 5.82 Å². The van der Waals surface area contributed by atoms with Crippen LogP contribution >= 0.6 is 0 Å². The Labute approximate surface area is 118 Å². The molecule has 104 valence electrons. The lowest BCUT2D eigenvalue weighted by molar-refractivity contribution is 0.604. The zero-order valence-electron chi connectivity index (χ0n) is 11.7. The summed E-state index contributed by atoms with van der Waals surface area (Å²) in [5.41, 5.74) is 2.77. The van der Waals surface area contributed by atoms with E-state index in [1.54, 1.807) is 17.0 Å². The number of nitrogens with one attached hydrogen (secondary N) is 1. The lowest BCUT2D eigenvalue weighted by atomic mass is 9.88. The van der Waals surface area contributed by atoms with Crippen molar-refractivity contribution in [2.45, 2.75) is 38.8 Å². The van der Waals surface area contributed by atoms with Crippen LogP contribution in [-0.4, -0.2) is 15.6 Å². The van der Waals surface area contributed by atoms with Crippen LogP contribution in [0.25, 0.3) is 0 Å². The SMILES string of the molecule is CCn1ccnc(NC2CCc3ccccc3C2)c1=O. The monoisotopic (exact) mass is 269 g/mol. The summed E-state index contributed by atoms with van der Waals surface area (Å²) in [6.45, 7) is 2.63. The Bertz CT molecular complexity index is 663. The minimum Gasteiger partial charge on any atom is -0.362 e. The fraction of sp³-hybridized carbons (Fsp3) is 0.375. The molecule has 0 saturated heterocycles. The first-order valence-corrected chi connectivity index (χ1v) is 7.16. The first-order chi connectivity index (χ1) is 9.78. The highest BCUT2D eigenvalue weighted by atomic mass is 16.1. The van der Waals surface area contributed by atoms with E-state index in [9.17, 15) is 4.79 Å². The van der Waals surface area contributed by atoms with E-state index >= 15 is 0 Å². The van der Waals surface area contributed by atoms with Gasteiger partial charge in [-0.05, 0) is 37.3 Å². The molecule has 1 atom stereocenters. The van der Waals surface area contributed by atoms with E-state index in [0.717, 1.165) is 19.3 Å². The van der Waals surface area contributed by atoms with Crippen molar-refractivity contribution in [2.24, 2.45) is 0 Å².